The number of carbonyl (C=O) groups is 1. The number of oxime groups is 1. The first kappa shape index (κ1) is 25.3. The van der Waals surface area contributed by atoms with Crippen LogP contribution in [0.2, 0.25) is 0 Å². The van der Waals surface area contributed by atoms with E-state index in [0.29, 0.717) is 44.2 Å². The molecule has 13 heteroatoms. The van der Waals surface area contributed by atoms with Crippen LogP contribution in [0.3, 0.4) is 0 Å². The first-order valence-electron chi connectivity index (χ1n) is 11.3. The largest absolute Gasteiger partial charge is 0.444 e. The number of carbonyl (C=O) groups excluding carboxylic acids is 1. The number of hydrogen-bond donors (Lipinski definition) is 3. The Morgan fingerprint density at radius 1 is 1.36 bits per heavy atom. The number of amides is 1. The summed E-state index contributed by atoms with van der Waals surface area (Å²) in [5, 5.41) is 13.1. The number of nitrogens with two attached hydrogens (primary N) is 1. The van der Waals surface area contributed by atoms with Crippen molar-refractivity contribution in [3.05, 3.63) is 42.0 Å². The molecular weight excluding hydrogens is 473 g/mol. The van der Waals surface area contributed by atoms with Gasteiger partial charge in [-0.1, -0.05) is 23.4 Å². The van der Waals surface area contributed by atoms with E-state index in [0.717, 1.165) is 5.71 Å². The highest BCUT2D eigenvalue weighted by Crippen LogP contribution is 2.26. The van der Waals surface area contributed by atoms with Gasteiger partial charge < -0.3 is 29.7 Å². The number of benzene rings is 1. The maximum absolute atomic E-state index is 15.0. The van der Waals surface area contributed by atoms with E-state index >= 15 is 0 Å². The minimum atomic E-state index is -0.940. The molecule has 1 amide bonds. The van der Waals surface area contributed by atoms with Gasteiger partial charge in [0.15, 0.2) is 11.7 Å². The first-order chi connectivity index (χ1) is 17.2. The SMILES string of the molecule is CC1(C)OCC(CCON=C2CN(c3ncc(-c4cccc(COC(=O)NC(=N)N)c4F)cn3)C2)O1. The molecule has 1 aromatic heterocycles. The fourth-order valence-corrected chi connectivity index (χ4v) is 3.65. The maximum Gasteiger partial charge on any atom is 0.414 e. The van der Waals surface area contributed by atoms with Crippen LogP contribution < -0.4 is 16.0 Å². The number of nitrogens with zero attached hydrogens (tertiary/aromatic N) is 4. The molecule has 4 rings (SSSR count). The fraction of sp³-hybridized carbons (Fsp3) is 0.435. The van der Waals surface area contributed by atoms with E-state index in [1.54, 1.807) is 12.1 Å². The first-order valence-corrected chi connectivity index (χ1v) is 11.3. The Balaban J connectivity index is 1.26. The van der Waals surface area contributed by atoms with Crippen molar-refractivity contribution >= 4 is 23.7 Å². The topological polar surface area (TPSA) is 157 Å². The zero-order valence-corrected chi connectivity index (χ0v) is 20.0. The van der Waals surface area contributed by atoms with E-state index in [2.05, 4.69) is 15.1 Å². The third-order valence-electron chi connectivity index (χ3n) is 5.45. The highest BCUT2D eigenvalue weighted by Gasteiger charge is 2.32. The van der Waals surface area contributed by atoms with Crippen molar-refractivity contribution in [3.8, 4) is 11.1 Å². The Kier molecular flexibility index (Phi) is 7.60. The minimum Gasteiger partial charge on any atom is -0.444 e. The van der Waals surface area contributed by atoms with Crippen LogP contribution in [0.5, 0.6) is 0 Å². The van der Waals surface area contributed by atoms with Crippen molar-refractivity contribution in [1.82, 2.24) is 15.3 Å². The van der Waals surface area contributed by atoms with Crippen molar-refractivity contribution in [2.24, 2.45) is 10.9 Å². The third kappa shape index (κ3) is 6.43. The van der Waals surface area contributed by atoms with Crippen LogP contribution in [0, 0.1) is 11.2 Å². The number of guanidine groups is 1. The molecule has 3 heterocycles. The summed E-state index contributed by atoms with van der Waals surface area (Å²) in [5.74, 6) is -1.16. The summed E-state index contributed by atoms with van der Waals surface area (Å²) < 4.78 is 31.1. The Bertz CT molecular complexity index is 1130. The van der Waals surface area contributed by atoms with Crippen molar-refractivity contribution in [3.63, 3.8) is 0 Å². The molecule has 2 aromatic rings. The van der Waals surface area contributed by atoms with Crippen LogP contribution >= 0.6 is 0 Å². The smallest absolute Gasteiger partial charge is 0.414 e. The number of alkyl carbamates (subject to hydrolysis) is 1. The summed E-state index contributed by atoms with van der Waals surface area (Å²) in [7, 11) is 0. The molecule has 2 saturated heterocycles. The van der Waals surface area contributed by atoms with Gasteiger partial charge in [0.25, 0.3) is 0 Å². The molecule has 192 valence electrons. The predicted octanol–water partition coefficient (Wildman–Crippen LogP) is 2.14. The zero-order valence-electron chi connectivity index (χ0n) is 20.0. The van der Waals surface area contributed by atoms with Crippen LogP contribution in [0.4, 0.5) is 15.1 Å². The van der Waals surface area contributed by atoms with Crippen molar-refractivity contribution in [2.75, 3.05) is 31.2 Å². The van der Waals surface area contributed by atoms with Gasteiger partial charge in [-0.05, 0) is 13.8 Å². The quantitative estimate of drug-likeness (QED) is 0.213. The summed E-state index contributed by atoms with van der Waals surface area (Å²) in [6.07, 6.45) is 2.83. The van der Waals surface area contributed by atoms with Crippen LogP contribution in [0.15, 0.2) is 35.7 Å². The number of rotatable bonds is 8. The van der Waals surface area contributed by atoms with Crippen molar-refractivity contribution in [2.45, 2.75) is 38.8 Å². The fourth-order valence-electron chi connectivity index (χ4n) is 3.65. The second-order valence-electron chi connectivity index (χ2n) is 8.75. The van der Waals surface area contributed by atoms with Gasteiger partial charge in [-0.2, -0.15) is 0 Å². The van der Waals surface area contributed by atoms with Gasteiger partial charge in [0, 0.05) is 35.5 Å². The Hall–Kier alpha value is -3.84. The van der Waals surface area contributed by atoms with Crippen molar-refractivity contribution < 1.29 is 28.2 Å². The molecule has 2 aliphatic rings. The zero-order chi connectivity index (χ0) is 25.7. The summed E-state index contributed by atoms with van der Waals surface area (Å²) in [4.78, 5) is 27.5. The lowest BCUT2D eigenvalue weighted by molar-refractivity contribution is -0.140. The highest BCUT2D eigenvalue weighted by molar-refractivity contribution is 5.98. The molecule has 2 aliphatic heterocycles. The molecule has 12 nitrogen and oxygen atoms in total. The van der Waals surface area contributed by atoms with Gasteiger partial charge in [0.2, 0.25) is 5.95 Å². The molecule has 0 spiro atoms. The number of ether oxygens (including phenoxy) is 3. The number of hydrogen-bond acceptors (Lipinski definition) is 10. The van der Waals surface area contributed by atoms with Gasteiger partial charge in [-0.25, -0.2) is 19.2 Å². The van der Waals surface area contributed by atoms with E-state index in [1.165, 1.54) is 18.5 Å². The van der Waals surface area contributed by atoms with E-state index < -0.39 is 23.7 Å². The Morgan fingerprint density at radius 2 is 2.11 bits per heavy atom. The molecular formula is C23H28FN7O5. The average Bonchev–Trinajstić information content (AvgIpc) is 3.15. The number of anilines is 1. The Labute approximate surface area is 207 Å². The molecule has 1 aromatic carbocycles. The minimum absolute atomic E-state index is 0.00860. The average molecular weight is 502 g/mol. The van der Waals surface area contributed by atoms with E-state index in [9.17, 15) is 9.18 Å². The molecule has 0 aliphatic carbocycles. The van der Waals surface area contributed by atoms with Gasteiger partial charge in [0.05, 0.1) is 31.5 Å². The predicted molar refractivity (Wildman–Crippen MR) is 128 cm³/mol. The van der Waals surface area contributed by atoms with E-state index in [-0.39, 0.29) is 23.8 Å². The van der Waals surface area contributed by atoms with Crippen molar-refractivity contribution in [1.29, 1.82) is 5.41 Å². The van der Waals surface area contributed by atoms with Crippen LogP contribution in [0.25, 0.3) is 11.1 Å². The summed E-state index contributed by atoms with van der Waals surface area (Å²) in [5.41, 5.74) is 6.85. The summed E-state index contributed by atoms with van der Waals surface area (Å²) in [6.45, 7) is 5.52. The molecule has 0 radical (unpaired) electrons. The molecule has 1 unspecified atom stereocenters. The molecule has 1 atom stereocenters. The summed E-state index contributed by atoms with van der Waals surface area (Å²) in [6, 6.07) is 4.72. The lowest BCUT2D eigenvalue weighted by Crippen LogP contribution is -2.48. The molecule has 36 heavy (non-hydrogen) atoms. The van der Waals surface area contributed by atoms with E-state index in [1.807, 2.05) is 24.1 Å². The van der Waals surface area contributed by atoms with E-state index in [4.69, 9.17) is 30.2 Å². The van der Waals surface area contributed by atoms with Gasteiger partial charge in [-0.15, -0.1) is 0 Å². The molecule has 2 fully saturated rings. The standard InChI is InChI=1S/C23H28FN7O5/c1-23(2)34-13-17(36-23)6-7-35-30-16-10-31(11-16)21-27-8-15(9-28-21)18-5-3-4-14(19(18)24)12-33-22(32)29-20(25)26/h3-5,8-9,17H,6-7,10-13H2,1-2H3,(H4,25,26,29,32). The Morgan fingerprint density at radius 3 is 2.78 bits per heavy atom. The molecule has 0 saturated carbocycles. The number of aromatic nitrogens is 2. The molecule has 4 N–H and O–H groups in total. The second-order valence-corrected chi connectivity index (χ2v) is 8.75. The number of nitrogens with one attached hydrogen (secondary N) is 2. The number of halogens is 1. The van der Waals surface area contributed by atoms with Crippen LogP contribution in [0.1, 0.15) is 25.8 Å². The highest BCUT2D eigenvalue weighted by atomic mass is 19.1. The second kappa shape index (κ2) is 10.8. The van der Waals surface area contributed by atoms with Gasteiger partial charge >= 0.3 is 6.09 Å². The van der Waals surface area contributed by atoms with Crippen LogP contribution in [-0.2, 0) is 25.7 Å². The third-order valence-corrected chi connectivity index (χ3v) is 5.45. The maximum atomic E-state index is 15.0. The van der Waals surface area contributed by atoms with Gasteiger partial charge in [-0.3, -0.25) is 10.7 Å². The van der Waals surface area contributed by atoms with Crippen LogP contribution in [-0.4, -0.2) is 65.9 Å². The lowest BCUT2D eigenvalue weighted by Gasteiger charge is -2.31. The normalized spacial score (nSPS) is 18.4. The molecule has 0 bridgehead atoms. The summed E-state index contributed by atoms with van der Waals surface area (Å²) >= 11 is 0. The monoisotopic (exact) mass is 501 g/mol. The van der Waals surface area contributed by atoms with Gasteiger partial charge in [0.1, 0.15) is 19.0 Å². The lowest BCUT2D eigenvalue weighted by atomic mass is 10.1.